The molecule has 152 valence electrons. The van der Waals surface area contributed by atoms with Gasteiger partial charge in [-0.15, -0.1) is 0 Å². The second kappa shape index (κ2) is 8.77. The molecule has 0 bridgehead atoms. The topological polar surface area (TPSA) is 84.9 Å². The summed E-state index contributed by atoms with van der Waals surface area (Å²) in [4.78, 5) is 38.4. The Morgan fingerprint density at radius 1 is 1.21 bits per heavy atom. The van der Waals surface area contributed by atoms with Crippen molar-refractivity contribution < 1.29 is 23.9 Å². The number of anilines is 1. The first-order chi connectivity index (χ1) is 13.8. The zero-order valence-electron chi connectivity index (χ0n) is 16.7. The fourth-order valence-electron chi connectivity index (χ4n) is 3.00. The molecule has 2 aromatic rings. The normalized spacial score (nSPS) is 13.0. The van der Waals surface area contributed by atoms with Crippen molar-refractivity contribution in [2.24, 2.45) is 0 Å². The van der Waals surface area contributed by atoms with Crippen LogP contribution in [0.25, 0.3) is 0 Å². The van der Waals surface area contributed by atoms with Gasteiger partial charge in [0.2, 0.25) is 5.91 Å². The number of ketones is 1. The van der Waals surface area contributed by atoms with Crippen LogP contribution in [0.4, 0.5) is 5.69 Å². The molecule has 0 atom stereocenters. The molecule has 2 aromatic carbocycles. The maximum atomic E-state index is 12.6. The van der Waals surface area contributed by atoms with Crippen molar-refractivity contribution in [1.29, 1.82) is 0 Å². The zero-order chi connectivity index (χ0) is 21.0. The first-order valence-electron chi connectivity index (χ1n) is 9.42. The molecule has 1 heterocycles. The number of hydrogen-bond acceptors (Lipinski definition) is 5. The third-order valence-electron chi connectivity index (χ3n) is 4.33. The van der Waals surface area contributed by atoms with E-state index in [1.807, 2.05) is 39.0 Å². The zero-order valence-corrected chi connectivity index (χ0v) is 16.7. The van der Waals surface area contributed by atoms with Gasteiger partial charge in [-0.3, -0.25) is 19.3 Å². The van der Waals surface area contributed by atoms with Gasteiger partial charge in [0, 0.05) is 11.6 Å². The quantitative estimate of drug-likeness (QED) is 0.727. The van der Waals surface area contributed by atoms with Gasteiger partial charge in [-0.25, -0.2) is 0 Å². The first-order valence-corrected chi connectivity index (χ1v) is 9.42. The predicted octanol–water partition coefficient (Wildman–Crippen LogP) is 2.51. The van der Waals surface area contributed by atoms with Crippen molar-refractivity contribution in [3.8, 4) is 11.5 Å². The summed E-state index contributed by atoms with van der Waals surface area (Å²) < 4.78 is 11.0. The monoisotopic (exact) mass is 396 g/mol. The molecule has 7 heteroatoms. The summed E-state index contributed by atoms with van der Waals surface area (Å²) in [6.45, 7) is 5.22. The van der Waals surface area contributed by atoms with Gasteiger partial charge in [0.05, 0.1) is 5.69 Å². The van der Waals surface area contributed by atoms with Gasteiger partial charge < -0.3 is 14.8 Å². The number of rotatable bonds is 7. The molecule has 1 N–H and O–H groups in total. The number of Topliss-reactive ketones (excluding diaryl/α,β-unsaturated/α-hetero) is 1. The van der Waals surface area contributed by atoms with E-state index in [0.29, 0.717) is 22.7 Å². The number of fused-ring (bicyclic) bond motifs is 1. The average Bonchev–Trinajstić information content (AvgIpc) is 2.67. The van der Waals surface area contributed by atoms with Gasteiger partial charge in [0.25, 0.3) is 5.91 Å². The summed E-state index contributed by atoms with van der Waals surface area (Å²) in [7, 11) is 0. The second-order valence-corrected chi connectivity index (χ2v) is 7.20. The minimum absolute atomic E-state index is 0.0372. The van der Waals surface area contributed by atoms with Crippen LogP contribution in [0.1, 0.15) is 29.8 Å². The lowest BCUT2D eigenvalue weighted by molar-refractivity contribution is -0.125. The average molecular weight is 396 g/mol. The Kier molecular flexibility index (Phi) is 6.16. The Hall–Kier alpha value is -3.35. The largest absolute Gasteiger partial charge is 0.485 e. The molecule has 0 unspecified atom stereocenters. The SMILES string of the molecule is Cc1cccc(OCC(=O)c2ccc3c(c2)N(CC(=O)NC(C)C)C(=O)CO3)c1. The van der Waals surface area contributed by atoms with Gasteiger partial charge in [-0.05, 0) is 56.7 Å². The Balaban J connectivity index is 1.76. The Labute approximate surface area is 169 Å². The summed E-state index contributed by atoms with van der Waals surface area (Å²) in [6, 6.07) is 12.2. The van der Waals surface area contributed by atoms with E-state index >= 15 is 0 Å². The van der Waals surface area contributed by atoms with Crippen LogP contribution in [-0.2, 0) is 9.59 Å². The molecule has 1 aliphatic rings. The molecule has 1 aliphatic heterocycles. The van der Waals surface area contributed by atoms with E-state index in [9.17, 15) is 14.4 Å². The summed E-state index contributed by atoms with van der Waals surface area (Å²) >= 11 is 0. The molecule has 3 rings (SSSR count). The molecule has 0 fully saturated rings. The number of aryl methyl sites for hydroxylation is 1. The van der Waals surface area contributed by atoms with Gasteiger partial charge in [-0.1, -0.05) is 12.1 Å². The third kappa shape index (κ3) is 5.13. The standard InChI is InChI=1S/C22H24N2O5/c1-14(2)23-21(26)11-24-18-10-16(7-8-20(18)29-13-22(24)27)19(25)12-28-17-6-4-5-15(3)9-17/h4-10,14H,11-13H2,1-3H3,(H,23,26). The van der Waals surface area contributed by atoms with E-state index in [0.717, 1.165) is 5.56 Å². The Bertz CT molecular complexity index is 939. The van der Waals surface area contributed by atoms with Gasteiger partial charge in [0.1, 0.15) is 18.0 Å². The number of hydrogen-bond donors (Lipinski definition) is 1. The highest BCUT2D eigenvalue weighted by molar-refractivity contribution is 6.04. The highest BCUT2D eigenvalue weighted by Crippen LogP contribution is 2.33. The maximum Gasteiger partial charge on any atom is 0.265 e. The van der Waals surface area contributed by atoms with E-state index in [2.05, 4.69) is 5.32 Å². The number of nitrogens with zero attached hydrogens (tertiary/aromatic N) is 1. The van der Waals surface area contributed by atoms with Crippen molar-refractivity contribution in [2.45, 2.75) is 26.8 Å². The van der Waals surface area contributed by atoms with Crippen LogP contribution in [0.15, 0.2) is 42.5 Å². The summed E-state index contributed by atoms with van der Waals surface area (Å²) in [5, 5.41) is 2.76. The number of benzene rings is 2. The third-order valence-corrected chi connectivity index (χ3v) is 4.33. The Morgan fingerprint density at radius 3 is 2.72 bits per heavy atom. The summed E-state index contributed by atoms with van der Waals surface area (Å²) in [5.74, 6) is 0.219. The maximum absolute atomic E-state index is 12.6. The van der Waals surface area contributed by atoms with E-state index < -0.39 is 0 Å². The molecule has 0 saturated heterocycles. The number of carbonyl (C=O) groups is 3. The van der Waals surface area contributed by atoms with Crippen molar-refractivity contribution in [2.75, 3.05) is 24.7 Å². The first kappa shape index (κ1) is 20.4. The van der Waals surface area contributed by atoms with E-state index in [1.54, 1.807) is 24.3 Å². The van der Waals surface area contributed by atoms with Crippen LogP contribution in [0.3, 0.4) is 0 Å². The fourth-order valence-corrected chi connectivity index (χ4v) is 3.00. The molecule has 2 amide bonds. The van der Waals surface area contributed by atoms with Crippen LogP contribution < -0.4 is 19.7 Å². The Morgan fingerprint density at radius 2 is 2.00 bits per heavy atom. The minimum Gasteiger partial charge on any atom is -0.485 e. The van der Waals surface area contributed by atoms with Crippen molar-refractivity contribution in [3.05, 3.63) is 53.6 Å². The van der Waals surface area contributed by atoms with Crippen molar-refractivity contribution in [3.63, 3.8) is 0 Å². The lowest BCUT2D eigenvalue weighted by atomic mass is 10.1. The molecule has 0 saturated carbocycles. The summed E-state index contributed by atoms with van der Waals surface area (Å²) in [6.07, 6.45) is 0. The smallest absolute Gasteiger partial charge is 0.265 e. The van der Waals surface area contributed by atoms with Gasteiger partial charge >= 0.3 is 0 Å². The van der Waals surface area contributed by atoms with Crippen LogP contribution in [0.2, 0.25) is 0 Å². The lowest BCUT2D eigenvalue weighted by Crippen LogP contribution is -2.46. The van der Waals surface area contributed by atoms with E-state index in [-0.39, 0.29) is 43.4 Å². The van der Waals surface area contributed by atoms with Crippen molar-refractivity contribution in [1.82, 2.24) is 5.32 Å². The molecular weight excluding hydrogens is 372 g/mol. The molecule has 0 radical (unpaired) electrons. The van der Waals surface area contributed by atoms with Gasteiger partial charge in [0.15, 0.2) is 19.0 Å². The number of amides is 2. The summed E-state index contributed by atoms with van der Waals surface area (Å²) in [5.41, 5.74) is 1.82. The number of ether oxygens (including phenoxy) is 2. The molecule has 0 aromatic heterocycles. The number of nitrogens with one attached hydrogen (secondary N) is 1. The highest BCUT2D eigenvalue weighted by Gasteiger charge is 2.28. The van der Waals surface area contributed by atoms with Crippen LogP contribution in [-0.4, -0.2) is 43.4 Å². The molecule has 0 aliphatic carbocycles. The number of carbonyl (C=O) groups excluding carboxylic acids is 3. The van der Waals surface area contributed by atoms with Crippen LogP contribution in [0.5, 0.6) is 11.5 Å². The lowest BCUT2D eigenvalue weighted by Gasteiger charge is -2.29. The minimum atomic E-state index is -0.336. The van der Waals surface area contributed by atoms with Crippen LogP contribution in [0, 0.1) is 6.92 Å². The fraction of sp³-hybridized carbons (Fsp3) is 0.318. The van der Waals surface area contributed by atoms with E-state index in [4.69, 9.17) is 9.47 Å². The molecule has 7 nitrogen and oxygen atoms in total. The predicted molar refractivity (Wildman–Crippen MR) is 109 cm³/mol. The van der Waals surface area contributed by atoms with Gasteiger partial charge in [-0.2, -0.15) is 0 Å². The second-order valence-electron chi connectivity index (χ2n) is 7.20. The van der Waals surface area contributed by atoms with E-state index in [1.165, 1.54) is 4.90 Å². The molecule has 0 spiro atoms. The molecule has 29 heavy (non-hydrogen) atoms. The highest BCUT2D eigenvalue weighted by atomic mass is 16.5. The van der Waals surface area contributed by atoms with Crippen molar-refractivity contribution >= 4 is 23.3 Å². The molecular formula is C22H24N2O5. The van der Waals surface area contributed by atoms with Crippen LogP contribution >= 0.6 is 0 Å².